The number of hydrogen-bond acceptors (Lipinski definition) is 3. The predicted octanol–water partition coefficient (Wildman–Crippen LogP) is 3.27. The van der Waals surface area contributed by atoms with Crippen molar-refractivity contribution in [1.82, 2.24) is 24.9 Å². The van der Waals surface area contributed by atoms with Crippen LogP contribution < -0.4 is 5.32 Å². The molecule has 1 saturated carbocycles. The number of carbonyl (C=O) groups is 1. The molecule has 0 bridgehead atoms. The number of nitrogens with zero attached hydrogens (tertiary/aromatic N) is 4. The molecule has 142 valence electrons. The van der Waals surface area contributed by atoms with E-state index in [1.54, 1.807) is 10.9 Å². The number of alkyl halides is 3. The first-order valence-corrected chi connectivity index (χ1v) is 8.71. The molecule has 2 aromatic rings. The van der Waals surface area contributed by atoms with Crippen LogP contribution in [-0.2, 0) is 30.6 Å². The molecule has 2 aromatic heterocycles. The van der Waals surface area contributed by atoms with Crippen molar-refractivity contribution < 1.29 is 18.0 Å². The Kier molecular flexibility index (Phi) is 5.01. The molecule has 1 aliphatic rings. The third-order valence-electron chi connectivity index (χ3n) is 4.44. The van der Waals surface area contributed by atoms with Crippen molar-refractivity contribution in [3.05, 3.63) is 33.9 Å². The topological polar surface area (TPSA) is 64.7 Å². The molecule has 1 aliphatic carbocycles. The van der Waals surface area contributed by atoms with Crippen LogP contribution in [0.3, 0.4) is 0 Å². The fraction of sp³-hybridized carbons (Fsp3) is 0.562. The first-order valence-electron chi connectivity index (χ1n) is 8.33. The van der Waals surface area contributed by atoms with E-state index in [1.807, 2.05) is 13.8 Å². The zero-order valence-corrected chi connectivity index (χ0v) is 15.2. The van der Waals surface area contributed by atoms with Crippen molar-refractivity contribution in [2.75, 3.05) is 0 Å². The summed E-state index contributed by atoms with van der Waals surface area (Å²) in [7, 11) is 0. The zero-order chi connectivity index (χ0) is 19.1. The van der Waals surface area contributed by atoms with Crippen LogP contribution >= 0.6 is 11.6 Å². The number of nitrogens with one attached hydrogen (secondary N) is 1. The second kappa shape index (κ2) is 6.94. The van der Waals surface area contributed by atoms with Gasteiger partial charge in [0.1, 0.15) is 6.54 Å². The van der Waals surface area contributed by atoms with E-state index in [2.05, 4.69) is 15.5 Å². The average molecular weight is 390 g/mol. The summed E-state index contributed by atoms with van der Waals surface area (Å²) in [4.78, 5) is 12.2. The summed E-state index contributed by atoms with van der Waals surface area (Å²) in [6.07, 6.45) is -1.48. The maximum absolute atomic E-state index is 13.0. The van der Waals surface area contributed by atoms with Gasteiger partial charge < -0.3 is 5.32 Å². The van der Waals surface area contributed by atoms with Crippen LogP contribution in [0, 0.1) is 6.92 Å². The molecular weight excluding hydrogens is 371 g/mol. The Labute approximate surface area is 153 Å². The Hall–Kier alpha value is -2.03. The van der Waals surface area contributed by atoms with Gasteiger partial charge in [0.05, 0.1) is 16.9 Å². The molecule has 1 fully saturated rings. The highest BCUT2D eigenvalue weighted by Gasteiger charge is 2.42. The molecular formula is C16H19ClF3N5O. The smallest absolute Gasteiger partial charge is 0.350 e. The monoisotopic (exact) mass is 389 g/mol. The molecule has 1 amide bonds. The highest BCUT2D eigenvalue weighted by Crippen LogP contribution is 2.46. The van der Waals surface area contributed by atoms with E-state index in [9.17, 15) is 18.0 Å². The lowest BCUT2D eigenvalue weighted by Crippen LogP contribution is -2.28. The van der Waals surface area contributed by atoms with Crippen LogP contribution in [0.1, 0.15) is 48.3 Å². The Balaban J connectivity index is 1.72. The Bertz CT molecular complexity index is 823. The quantitative estimate of drug-likeness (QED) is 0.824. The maximum Gasteiger partial charge on any atom is 0.436 e. The SMILES string of the molecule is CCn1ncc(CNC(=O)Cn2nc(C(F)(F)F)c(Cl)c2C2CC2)c1C. The number of halogens is 4. The van der Waals surface area contributed by atoms with Crippen LogP contribution in [-0.4, -0.2) is 25.5 Å². The van der Waals surface area contributed by atoms with Gasteiger partial charge in [-0.1, -0.05) is 11.6 Å². The number of rotatable bonds is 6. The van der Waals surface area contributed by atoms with Crippen molar-refractivity contribution in [2.45, 2.75) is 58.4 Å². The second-order valence-electron chi connectivity index (χ2n) is 6.33. The van der Waals surface area contributed by atoms with E-state index in [-0.39, 0.29) is 19.0 Å². The minimum absolute atomic E-state index is 0.0658. The highest BCUT2D eigenvalue weighted by atomic mass is 35.5. The second-order valence-corrected chi connectivity index (χ2v) is 6.70. The normalized spacial score (nSPS) is 14.7. The Morgan fingerprint density at radius 1 is 1.38 bits per heavy atom. The minimum Gasteiger partial charge on any atom is -0.350 e. The fourth-order valence-corrected chi connectivity index (χ4v) is 3.26. The van der Waals surface area contributed by atoms with Gasteiger partial charge in [0.2, 0.25) is 5.91 Å². The number of carbonyl (C=O) groups excluding carboxylic acids is 1. The fourth-order valence-electron chi connectivity index (χ4n) is 2.86. The van der Waals surface area contributed by atoms with Crippen molar-refractivity contribution >= 4 is 17.5 Å². The lowest BCUT2D eigenvalue weighted by Gasteiger charge is -2.08. The van der Waals surface area contributed by atoms with Crippen LogP contribution in [0.2, 0.25) is 5.02 Å². The summed E-state index contributed by atoms with van der Waals surface area (Å²) >= 11 is 5.90. The van der Waals surface area contributed by atoms with Gasteiger partial charge in [-0.2, -0.15) is 23.4 Å². The minimum atomic E-state index is -4.64. The molecule has 3 rings (SSSR count). The molecule has 0 aromatic carbocycles. The first-order chi connectivity index (χ1) is 12.2. The van der Waals surface area contributed by atoms with Gasteiger partial charge in [0, 0.05) is 30.3 Å². The summed E-state index contributed by atoms with van der Waals surface area (Å²) in [5, 5.41) is 10.1. The highest BCUT2D eigenvalue weighted by molar-refractivity contribution is 6.32. The van der Waals surface area contributed by atoms with E-state index < -0.39 is 22.8 Å². The summed E-state index contributed by atoms with van der Waals surface area (Å²) < 4.78 is 42.0. The molecule has 0 atom stereocenters. The van der Waals surface area contributed by atoms with Gasteiger partial charge in [0.15, 0.2) is 5.69 Å². The molecule has 10 heteroatoms. The lowest BCUT2D eigenvalue weighted by molar-refractivity contribution is -0.141. The molecule has 0 spiro atoms. The summed E-state index contributed by atoms with van der Waals surface area (Å²) in [6.45, 7) is 4.53. The van der Waals surface area contributed by atoms with Crippen LogP contribution in [0.4, 0.5) is 13.2 Å². The van der Waals surface area contributed by atoms with Gasteiger partial charge in [-0.15, -0.1) is 0 Å². The molecule has 0 aliphatic heterocycles. The summed E-state index contributed by atoms with van der Waals surface area (Å²) in [6, 6.07) is 0. The van der Waals surface area contributed by atoms with Gasteiger partial charge in [0.25, 0.3) is 0 Å². The van der Waals surface area contributed by atoms with Crippen molar-refractivity contribution in [2.24, 2.45) is 0 Å². The maximum atomic E-state index is 13.0. The predicted molar refractivity (Wildman–Crippen MR) is 88.7 cm³/mol. The van der Waals surface area contributed by atoms with Gasteiger partial charge >= 0.3 is 6.18 Å². The van der Waals surface area contributed by atoms with E-state index >= 15 is 0 Å². The Morgan fingerprint density at radius 2 is 2.08 bits per heavy atom. The largest absolute Gasteiger partial charge is 0.436 e. The van der Waals surface area contributed by atoms with Gasteiger partial charge in [-0.05, 0) is 26.7 Å². The molecule has 1 N–H and O–H groups in total. The number of hydrogen-bond donors (Lipinski definition) is 1. The molecule has 26 heavy (non-hydrogen) atoms. The molecule has 0 saturated heterocycles. The average Bonchev–Trinajstić information content (AvgIpc) is 3.24. The Morgan fingerprint density at radius 3 is 2.62 bits per heavy atom. The van der Waals surface area contributed by atoms with E-state index in [4.69, 9.17) is 11.6 Å². The van der Waals surface area contributed by atoms with Gasteiger partial charge in [-0.25, -0.2) is 0 Å². The van der Waals surface area contributed by atoms with Gasteiger partial charge in [-0.3, -0.25) is 14.2 Å². The van der Waals surface area contributed by atoms with E-state index in [0.29, 0.717) is 5.69 Å². The molecule has 2 heterocycles. The number of aryl methyl sites for hydroxylation is 1. The van der Waals surface area contributed by atoms with Crippen molar-refractivity contribution in [3.8, 4) is 0 Å². The third kappa shape index (κ3) is 3.72. The summed E-state index contributed by atoms with van der Waals surface area (Å²) in [5.41, 5.74) is 0.961. The zero-order valence-electron chi connectivity index (χ0n) is 14.4. The number of amides is 1. The third-order valence-corrected chi connectivity index (χ3v) is 4.81. The van der Waals surface area contributed by atoms with Crippen molar-refractivity contribution in [1.29, 1.82) is 0 Å². The summed E-state index contributed by atoms with van der Waals surface area (Å²) in [5.74, 6) is -0.493. The lowest BCUT2D eigenvalue weighted by atomic mass is 10.2. The number of aromatic nitrogens is 4. The van der Waals surface area contributed by atoms with Crippen LogP contribution in [0.25, 0.3) is 0 Å². The molecule has 0 radical (unpaired) electrons. The van der Waals surface area contributed by atoms with E-state index in [1.165, 1.54) is 0 Å². The standard InChI is InChI=1S/C16H19ClF3N5O/c1-3-24-9(2)11(7-22-24)6-21-12(26)8-25-14(10-4-5-10)13(17)15(23-25)16(18,19)20/h7,10H,3-6,8H2,1-2H3,(H,21,26). The first kappa shape index (κ1) is 18.8. The van der Waals surface area contributed by atoms with Crippen LogP contribution in [0.15, 0.2) is 6.20 Å². The molecule has 0 unspecified atom stereocenters. The van der Waals surface area contributed by atoms with E-state index in [0.717, 1.165) is 35.3 Å². The van der Waals surface area contributed by atoms with Crippen LogP contribution in [0.5, 0.6) is 0 Å². The molecule has 6 nitrogen and oxygen atoms in total. The van der Waals surface area contributed by atoms with Crippen molar-refractivity contribution in [3.63, 3.8) is 0 Å².